The van der Waals surface area contributed by atoms with E-state index in [1.807, 2.05) is 0 Å². The van der Waals surface area contributed by atoms with Gasteiger partial charge in [-0.05, 0) is 43.4 Å². The summed E-state index contributed by atoms with van der Waals surface area (Å²) in [6, 6.07) is 0. The summed E-state index contributed by atoms with van der Waals surface area (Å²) in [6.45, 7) is 2.24. The monoisotopic (exact) mass is 192 g/mol. The van der Waals surface area contributed by atoms with Crippen LogP contribution in [-0.2, 0) is 0 Å². The summed E-state index contributed by atoms with van der Waals surface area (Å²) in [6.07, 6.45) is 11.8. The fourth-order valence-corrected chi connectivity index (χ4v) is 2.32. The van der Waals surface area contributed by atoms with E-state index in [4.69, 9.17) is 0 Å². The molecule has 1 heteroatoms. The fourth-order valence-electron chi connectivity index (χ4n) is 2.14. The third-order valence-electron chi connectivity index (χ3n) is 2.97. The van der Waals surface area contributed by atoms with E-state index in [-0.39, 0.29) is 0 Å². The molecular formula is C12H16S. The molecule has 0 aromatic heterocycles. The Bertz CT molecular complexity index is 294. The van der Waals surface area contributed by atoms with Crippen molar-refractivity contribution in [2.24, 2.45) is 5.92 Å². The highest BCUT2D eigenvalue weighted by Crippen LogP contribution is 2.34. The maximum Gasteiger partial charge on any atom is -0.00144 e. The third kappa shape index (κ3) is 2.08. The summed E-state index contributed by atoms with van der Waals surface area (Å²) >= 11 is 4.36. The smallest absolute Gasteiger partial charge is 0.00144 e. The van der Waals surface area contributed by atoms with Gasteiger partial charge >= 0.3 is 0 Å². The minimum Gasteiger partial charge on any atom is -0.148 e. The van der Waals surface area contributed by atoms with E-state index in [1.165, 1.54) is 24.2 Å². The summed E-state index contributed by atoms with van der Waals surface area (Å²) in [5.74, 6) is 0.734. The van der Waals surface area contributed by atoms with Crippen LogP contribution in [0.5, 0.6) is 0 Å². The van der Waals surface area contributed by atoms with Crippen LogP contribution in [0, 0.1) is 5.92 Å². The first-order valence-corrected chi connectivity index (χ1v) is 5.46. The van der Waals surface area contributed by atoms with E-state index in [0.29, 0.717) is 0 Å². The highest BCUT2D eigenvalue weighted by Gasteiger charge is 2.18. The van der Waals surface area contributed by atoms with Crippen LogP contribution in [-0.4, -0.2) is 0 Å². The van der Waals surface area contributed by atoms with Gasteiger partial charge < -0.3 is 0 Å². The third-order valence-corrected chi connectivity index (χ3v) is 3.34. The van der Waals surface area contributed by atoms with Gasteiger partial charge in [-0.25, -0.2) is 0 Å². The van der Waals surface area contributed by atoms with Crippen molar-refractivity contribution in [3.63, 3.8) is 0 Å². The molecule has 0 aromatic rings. The van der Waals surface area contributed by atoms with Crippen LogP contribution in [0.25, 0.3) is 0 Å². The summed E-state index contributed by atoms with van der Waals surface area (Å²) in [4.78, 5) is 1.22. The maximum absolute atomic E-state index is 4.36. The van der Waals surface area contributed by atoms with Gasteiger partial charge in [-0.2, -0.15) is 0 Å². The first-order valence-electron chi connectivity index (χ1n) is 5.01. The largest absolute Gasteiger partial charge is 0.148 e. The standard InChI is InChI=1S/C12H16S/c1-9-2-3-11(8-9)10-4-6-12(13)7-5-10/h4,6,8,11,13H,2-3,5,7H2,1H3. The van der Waals surface area contributed by atoms with Crippen molar-refractivity contribution < 1.29 is 0 Å². The van der Waals surface area contributed by atoms with E-state index in [9.17, 15) is 0 Å². The Hall–Kier alpha value is -0.430. The van der Waals surface area contributed by atoms with E-state index in [0.717, 1.165) is 12.3 Å². The van der Waals surface area contributed by atoms with E-state index < -0.39 is 0 Å². The number of thiol groups is 1. The Balaban J connectivity index is 2.10. The Kier molecular flexibility index (Phi) is 2.63. The summed E-state index contributed by atoms with van der Waals surface area (Å²) in [7, 11) is 0. The van der Waals surface area contributed by atoms with E-state index >= 15 is 0 Å². The Labute approximate surface area is 85.8 Å². The molecule has 0 saturated carbocycles. The molecule has 1 unspecified atom stereocenters. The molecule has 0 nitrogen and oxygen atoms in total. The zero-order valence-electron chi connectivity index (χ0n) is 8.09. The molecule has 0 spiro atoms. The highest BCUT2D eigenvalue weighted by molar-refractivity contribution is 7.84. The Morgan fingerprint density at radius 1 is 1.23 bits per heavy atom. The molecule has 0 N–H and O–H groups in total. The van der Waals surface area contributed by atoms with Gasteiger partial charge in [0.25, 0.3) is 0 Å². The van der Waals surface area contributed by atoms with E-state index in [2.05, 4.69) is 37.8 Å². The molecular weight excluding hydrogens is 176 g/mol. The minimum atomic E-state index is 0.734. The lowest BCUT2D eigenvalue weighted by molar-refractivity contribution is 0.682. The second kappa shape index (κ2) is 3.75. The van der Waals surface area contributed by atoms with Crippen molar-refractivity contribution in [2.45, 2.75) is 32.6 Å². The van der Waals surface area contributed by atoms with Crippen LogP contribution in [0.1, 0.15) is 32.6 Å². The second-order valence-electron chi connectivity index (χ2n) is 4.06. The quantitative estimate of drug-likeness (QED) is 0.473. The van der Waals surface area contributed by atoms with Gasteiger partial charge in [0.2, 0.25) is 0 Å². The molecule has 0 fully saturated rings. The highest BCUT2D eigenvalue weighted by atomic mass is 32.1. The van der Waals surface area contributed by atoms with Crippen molar-refractivity contribution in [1.29, 1.82) is 0 Å². The lowest BCUT2D eigenvalue weighted by Crippen LogP contribution is -2.00. The molecule has 0 aliphatic heterocycles. The molecule has 2 aliphatic rings. The van der Waals surface area contributed by atoms with Crippen molar-refractivity contribution in [3.8, 4) is 0 Å². The second-order valence-corrected chi connectivity index (χ2v) is 4.63. The molecule has 0 bridgehead atoms. The Morgan fingerprint density at radius 2 is 2.08 bits per heavy atom. The number of hydrogen-bond acceptors (Lipinski definition) is 1. The zero-order chi connectivity index (χ0) is 9.26. The fraction of sp³-hybridized carbons (Fsp3) is 0.500. The molecule has 0 radical (unpaired) electrons. The van der Waals surface area contributed by atoms with Crippen LogP contribution in [0.3, 0.4) is 0 Å². The van der Waals surface area contributed by atoms with Gasteiger partial charge in [0, 0.05) is 0 Å². The van der Waals surface area contributed by atoms with Gasteiger partial charge in [-0.15, -0.1) is 12.6 Å². The Morgan fingerprint density at radius 3 is 2.62 bits per heavy atom. The summed E-state index contributed by atoms with van der Waals surface area (Å²) in [5.41, 5.74) is 3.17. The number of allylic oxidation sites excluding steroid dienone is 6. The predicted molar refractivity (Wildman–Crippen MR) is 60.9 cm³/mol. The number of rotatable bonds is 1. The lowest BCUT2D eigenvalue weighted by Gasteiger charge is -2.16. The topological polar surface area (TPSA) is 0 Å². The van der Waals surface area contributed by atoms with Crippen molar-refractivity contribution in [2.75, 3.05) is 0 Å². The van der Waals surface area contributed by atoms with Gasteiger partial charge in [0.1, 0.15) is 0 Å². The van der Waals surface area contributed by atoms with Crippen LogP contribution in [0.2, 0.25) is 0 Å². The molecule has 0 saturated heterocycles. The van der Waals surface area contributed by atoms with Crippen molar-refractivity contribution in [3.05, 3.63) is 34.3 Å². The first-order chi connectivity index (χ1) is 6.25. The maximum atomic E-state index is 4.36. The molecule has 2 aliphatic carbocycles. The van der Waals surface area contributed by atoms with Gasteiger partial charge in [0.05, 0.1) is 0 Å². The normalized spacial score (nSPS) is 28.2. The number of hydrogen-bond donors (Lipinski definition) is 1. The van der Waals surface area contributed by atoms with Gasteiger partial charge in [-0.3, -0.25) is 0 Å². The predicted octanol–water partition coefficient (Wildman–Crippen LogP) is 3.88. The molecule has 70 valence electrons. The summed E-state index contributed by atoms with van der Waals surface area (Å²) < 4.78 is 0. The van der Waals surface area contributed by atoms with Crippen LogP contribution in [0.15, 0.2) is 34.3 Å². The first kappa shape index (κ1) is 9.14. The van der Waals surface area contributed by atoms with Crippen LogP contribution in [0.4, 0.5) is 0 Å². The molecule has 0 heterocycles. The SMILES string of the molecule is CC1=CC(C2=CC=C(S)CC2)CC1. The zero-order valence-corrected chi connectivity index (χ0v) is 8.98. The minimum absolute atomic E-state index is 0.734. The average molecular weight is 192 g/mol. The van der Waals surface area contributed by atoms with Gasteiger partial charge in [0.15, 0.2) is 0 Å². The molecule has 13 heavy (non-hydrogen) atoms. The van der Waals surface area contributed by atoms with Crippen LogP contribution >= 0.6 is 12.6 Å². The molecule has 0 aromatic carbocycles. The van der Waals surface area contributed by atoms with Gasteiger partial charge in [-0.1, -0.05) is 29.4 Å². The molecule has 2 rings (SSSR count). The summed E-state index contributed by atoms with van der Waals surface area (Å²) in [5, 5.41) is 0. The average Bonchev–Trinajstić information content (AvgIpc) is 2.53. The lowest BCUT2D eigenvalue weighted by atomic mass is 9.91. The van der Waals surface area contributed by atoms with Crippen LogP contribution < -0.4 is 0 Å². The molecule has 1 atom stereocenters. The van der Waals surface area contributed by atoms with Crippen molar-refractivity contribution in [1.82, 2.24) is 0 Å². The molecule has 0 amide bonds. The van der Waals surface area contributed by atoms with E-state index in [1.54, 1.807) is 11.1 Å². The van der Waals surface area contributed by atoms with Crippen molar-refractivity contribution >= 4 is 12.6 Å².